The van der Waals surface area contributed by atoms with E-state index in [1.165, 1.54) is 6.92 Å². The van der Waals surface area contributed by atoms with Gasteiger partial charge in [0.2, 0.25) is 0 Å². The van der Waals surface area contributed by atoms with E-state index in [-0.39, 0.29) is 18.5 Å². The van der Waals surface area contributed by atoms with Crippen molar-refractivity contribution in [3.05, 3.63) is 0 Å². The molecule has 0 rings (SSSR count). The molecule has 0 saturated carbocycles. The van der Waals surface area contributed by atoms with Gasteiger partial charge in [-0.2, -0.15) is 0 Å². The van der Waals surface area contributed by atoms with Crippen LogP contribution < -0.4 is 0 Å². The van der Waals surface area contributed by atoms with Crippen LogP contribution in [0.5, 0.6) is 0 Å². The highest BCUT2D eigenvalue weighted by atomic mass is 16.5. The van der Waals surface area contributed by atoms with Crippen LogP contribution in [0.4, 0.5) is 0 Å². The zero-order valence-electron chi connectivity index (χ0n) is 9.25. The first kappa shape index (κ1) is 13.5. The first-order chi connectivity index (χ1) is 6.70. The van der Waals surface area contributed by atoms with Gasteiger partial charge in [-0.3, -0.25) is 4.79 Å². The number of ether oxygens (including phenoxy) is 3. The number of rotatable bonds is 9. The second kappa shape index (κ2) is 9.12. The minimum atomic E-state index is 0.0461. The molecular weight excluding hydrogens is 184 g/mol. The van der Waals surface area contributed by atoms with Gasteiger partial charge in [0.1, 0.15) is 6.61 Å². The smallest absolute Gasteiger partial charge is 0.155 e. The molecule has 0 aromatic carbocycles. The van der Waals surface area contributed by atoms with Crippen LogP contribution in [0.1, 0.15) is 19.8 Å². The zero-order valence-corrected chi connectivity index (χ0v) is 9.25. The van der Waals surface area contributed by atoms with Crippen molar-refractivity contribution in [2.75, 3.05) is 34.0 Å². The molecule has 0 aliphatic rings. The quantitative estimate of drug-likeness (QED) is 0.563. The molecule has 0 aromatic rings. The molecule has 4 nitrogen and oxygen atoms in total. The molecule has 0 aliphatic heterocycles. The van der Waals surface area contributed by atoms with Crippen molar-refractivity contribution in [3.8, 4) is 0 Å². The van der Waals surface area contributed by atoms with Gasteiger partial charge >= 0.3 is 0 Å². The highest BCUT2D eigenvalue weighted by Gasteiger charge is 2.09. The molecule has 0 saturated heterocycles. The molecule has 0 amide bonds. The van der Waals surface area contributed by atoms with E-state index in [4.69, 9.17) is 14.2 Å². The second-order valence-electron chi connectivity index (χ2n) is 3.20. The Balaban J connectivity index is 3.65. The van der Waals surface area contributed by atoms with Gasteiger partial charge in [0, 0.05) is 27.4 Å². The first-order valence-corrected chi connectivity index (χ1v) is 4.79. The number of hydrogen-bond acceptors (Lipinski definition) is 4. The first-order valence-electron chi connectivity index (χ1n) is 4.79. The molecule has 0 atom stereocenters. The maximum Gasteiger partial charge on any atom is 0.155 e. The van der Waals surface area contributed by atoms with Gasteiger partial charge in [0.15, 0.2) is 5.78 Å². The van der Waals surface area contributed by atoms with Gasteiger partial charge in [0.05, 0.1) is 6.10 Å². The third-order valence-corrected chi connectivity index (χ3v) is 1.81. The minimum absolute atomic E-state index is 0.0461. The Morgan fingerprint density at radius 1 is 1.14 bits per heavy atom. The lowest BCUT2D eigenvalue weighted by Gasteiger charge is -2.16. The van der Waals surface area contributed by atoms with E-state index >= 15 is 0 Å². The van der Waals surface area contributed by atoms with Crippen molar-refractivity contribution in [2.24, 2.45) is 0 Å². The molecule has 0 radical (unpaired) electrons. The average Bonchev–Trinajstić information content (AvgIpc) is 2.16. The summed E-state index contributed by atoms with van der Waals surface area (Å²) in [6.45, 7) is 2.99. The van der Waals surface area contributed by atoms with Gasteiger partial charge in [-0.15, -0.1) is 0 Å². The summed E-state index contributed by atoms with van der Waals surface area (Å²) in [5.74, 6) is 0.0461. The summed E-state index contributed by atoms with van der Waals surface area (Å²) >= 11 is 0. The lowest BCUT2D eigenvalue weighted by Crippen LogP contribution is -2.20. The number of methoxy groups -OCH3 is 2. The van der Waals surface area contributed by atoms with Gasteiger partial charge in [0.25, 0.3) is 0 Å². The number of carbonyl (C=O) groups is 1. The number of hydrogen-bond donors (Lipinski definition) is 0. The Morgan fingerprint density at radius 3 is 2.00 bits per heavy atom. The largest absolute Gasteiger partial charge is 0.385 e. The van der Waals surface area contributed by atoms with Crippen LogP contribution in [-0.4, -0.2) is 45.9 Å². The predicted molar refractivity (Wildman–Crippen MR) is 53.4 cm³/mol. The molecule has 0 heterocycles. The Bertz CT molecular complexity index is 139. The summed E-state index contributed by atoms with van der Waals surface area (Å²) < 4.78 is 15.3. The Labute approximate surface area is 85.5 Å². The van der Waals surface area contributed by atoms with Gasteiger partial charge < -0.3 is 14.2 Å². The SMILES string of the molecule is COCCC(CCOC)OCC(C)=O. The third-order valence-electron chi connectivity index (χ3n) is 1.81. The second-order valence-corrected chi connectivity index (χ2v) is 3.20. The molecule has 0 fully saturated rings. The molecule has 0 aromatic heterocycles. The fourth-order valence-electron chi connectivity index (χ4n) is 1.04. The molecular formula is C10H20O4. The lowest BCUT2D eigenvalue weighted by atomic mass is 10.2. The van der Waals surface area contributed by atoms with Crippen LogP contribution in [0.15, 0.2) is 0 Å². The number of carbonyl (C=O) groups excluding carboxylic acids is 1. The zero-order chi connectivity index (χ0) is 10.8. The van der Waals surface area contributed by atoms with E-state index < -0.39 is 0 Å². The van der Waals surface area contributed by atoms with Crippen LogP contribution >= 0.6 is 0 Å². The van der Waals surface area contributed by atoms with Crippen molar-refractivity contribution >= 4 is 5.78 Å². The fraction of sp³-hybridized carbons (Fsp3) is 0.900. The van der Waals surface area contributed by atoms with E-state index in [0.717, 1.165) is 12.8 Å². The number of ketones is 1. The Morgan fingerprint density at radius 2 is 1.64 bits per heavy atom. The summed E-state index contributed by atoms with van der Waals surface area (Å²) in [5.41, 5.74) is 0. The summed E-state index contributed by atoms with van der Waals surface area (Å²) in [7, 11) is 3.30. The summed E-state index contributed by atoms with van der Waals surface area (Å²) in [4.78, 5) is 10.7. The Kier molecular flexibility index (Phi) is 8.83. The monoisotopic (exact) mass is 204 g/mol. The molecule has 0 spiro atoms. The van der Waals surface area contributed by atoms with Gasteiger partial charge in [-0.1, -0.05) is 0 Å². The van der Waals surface area contributed by atoms with E-state index in [9.17, 15) is 4.79 Å². The minimum Gasteiger partial charge on any atom is -0.385 e. The maximum absolute atomic E-state index is 10.7. The van der Waals surface area contributed by atoms with Crippen LogP contribution in [0.3, 0.4) is 0 Å². The van der Waals surface area contributed by atoms with Crippen molar-refractivity contribution in [2.45, 2.75) is 25.9 Å². The standard InChI is InChI=1S/C10H20O4/c1-9(11)8-14-10(4-6-12-2)5-7-13-3/h10H,4-8H2,1-3H3. The van der Waals surface area contributed by atoms with Crippen LogP contribution in [0.2, 0.25) is 0 Å². The molecule has 0 bridgehead atoms. The molecule has 0 N–H and O–H groups in total. The van der Waals surface area contributed by atoms with Crippen molar-refractivity contribution in [3.63, 3.8) is 0 Å². The van der Waals surface area contributed by atoms with E-state index in [0.29, 0.717) is 13.2 Å². The maximum atomic E-state index is 10.7. The van der Waals surface area contributed by atoms with E-state index in [1.807, 2.05) is 0 Å². The van der Waals surface area contributed by atoms with Gasteiger partial charge in [-0.25, -0.2) is 0 Å². The summed E-state index contributed by atoms with van der Waals surface area (Å²) in [6, 6.07) is 0. The molecule has 84 valence electrons. The highest BCUT2D eigenvalue weighted by molar-refractivity contribution is 5.76. The molecule has 14 heavy (non-hydrogen) atoms. The normalized spacial score (nSPS) is 10.9. The van der Waals surface area contributed by atoms with Crippen molar-refractivity contribution in [1.82, 2.24) is 0 Å². The van der Waals surface area contributed by atoms with E-state index in [1.54, 1.807) is 14.2 Å². The average molecular weight is 204 g/mol. The topological polar surface area (TPSA) is 44.8 Å². The van der Waals surface area contributed by atoms with Crippen molar-refractivity contribution in [1.29, 1.82) is 0 Å². The van der Waals surface area contributed by atoms with Crippen LogP contribution in [-0.2, 0) is 19.0 Å². The van der Waals surface area contributed by atoms with E-state index in [2.05, 4.69) is 0 Å². The summed E-state index contributed by atoms with van der Waals surface area (Å²) in [6.07, 6.45) is 1.65. The Hall–Kier alpha value is -0.450. The molecule has 4 heteroatoms. The molecule has 0 unspecified atom stereocenters. The van der Waals surface area contributed by atoms with Crippen molar-refractivity contribution < 1.29 is 19.0 Å². The third kappa shape index (κ3) is 8.16. The highest BCUT2D eigenvalue weighted by Crippen LogP contribution is 2.04. The van der Waals surface area contributed by atoms with Gasteiger partial charge in [-0.05, 0) is 19.8 Å². The van der Waals surface area contributed by atoms with Crippen LogP contribution in [0, 0.1) is 0 Å². The lowest BCUT2D eigenvalue weighted by molar-refractivity contribution is -0.124. The summed E-state index contributed by atoms with van der Waals surface area (Å²) in [5, 5.41) is 0. The number of Topliss-reactive ketones (excluding diaryl/α,β-unsaturated/α-hetero) is 1. The fourth-order valence-corrected chi connectivity index (χ4v) is 1.04. The molecule has 0 aliphatic carbocycles. The van der Waals surface area contributed by atoms with Crippen LogP contribution in [0.25, 0.3) is 0 Å². The predicted octanol–water partition coefficient (Wildman–Crippen LogP) is 1.03.